The molecule has 0 radical (unpaired) electrons. The number of rotatable bonds is 8. The number of ketones is 1. The number of aromatic hydroxyl groups is 1. The van der Waals surface area contributed by atoms with Crippen molar-refractivity contribution in [2.75, 3.05) is 32.8 Å². The van der Waals surface area contributed by atoms with Crippen LogP contribution in [-0.4, -0.2) is 48.6 Å². The Morgan fingerprint density at radius 1 is 1.42 bits per heavy atom. The predicted molar refractivity (Wildman–Crippen MR) is 71.0 cm³/mol. The van der Waals surface area contributed by atoms with Crippen LogP contribution in [0.4, 0.5) is 4.39 Å². The quantitative estimate of drug-likeness (QED) is 0.580. The fourth-order valence-corrected chi connectivity index (χ4v) is 1.71. The Morgan fingerprint density at radius 2 is 2.16 bits per heavy atom. The van der Waals surface area contributed by atoms with Crippen LogP contribution in [0.2, 0.25) is 0 Å². The minimum Gasteiger partial charge on any atom is -0.507 e. The molecule has 1 aromatic rings. The summed E-state index contributed by atoms with van der Waals surface area (Å²) >= 11 is 0. The van der Waals surface area contributed by atoms with E-state index in [4.69, 9.17) is 4.74 Å². The first kappa shape index (κ1) is 15.6. The minimum absolute atomic E-state index is 0.0230. The number of phenols is 1. The molecule has 106 valence electrons. The first-order valence-corrected chi connectivity index (χ1v) is 6.40. The lowest BCUT2D eigenvalue weighted by molar-refractivity contribution is 0.0865. The van der Waals surface area contributed by atoms with Crippen molar-refractivity contribution in [3.63, 3.8) is 0 Å². The number of phenolic OH excluding ortho intramolecular Hbond substituents is 1. The smallest absolute Gasteiger partial charge is 0.180 e. The molecule has 0 aliphatic rings. The molecule has 0 saturated heterocycles. The number of hydrogen-bond donors (Lipinski definition) is 1. The number of ether oxygens (including phenoxy) is 1. The van der Waals surface area contributed by atoms with Crippen LogP contribution in [-0.2, 0) is 4.74 Å². The van der Waals surface area contributed by atoms with Gasteiger partial charge in [0.1, 0.15) is 11.6 Å². The summed E-state index contributed by atoms with van der Waals surface area (Å²) in [6.07, 6.45) is 0. The normalized spacial score (nSPS) is 10.9. The van der Waals surface area contributed by atoms with E-state index < -0.39 is 5.82 Å². The number of hydrogen-bond acceptors (Lipinski definition) is 4. The Kier molecular flexibility index (Phi) is 6.45. The van der Waals surface area contributed by atoms with Gasteiger partial charge in [0.05, 0.1) is 18.7 Å². The lowest BCUT2D eigenvalue weighted by atomic mass is 10.1. The summed E-state index contributed by atoms with van der Waals surface area (Å²) in [5.41, 5.74) is 0.0230. The fourth-order valence-electron chi connectivity index (χ4n) is 1.71. The highest BCUT2D eigenvalue weighted by molar-refractivity contribution is 5.99. The second-order valence-corrected chi connectivity index (χ2v) is 4.15. The molecule has 4 nitrogen and oxygen atoms in total. The molecule has 0 unspecified atom stereocenters. The van der Waals surface area contributed by atoms with Crippen molar-refractivity contribution in [2.45, 2.75) is 13.8 Å². The number of benzene rings is 1. The van der Waals surface area contributed by atoms with Crippen molar-refractivity contribution in [3.8, 4) is 5.75 Å². The molecule has 0 amide bonds. The molecule has 0 heterocycles. The van der Waals surface area contributed by atoms with Crippen LogP contribution in [0.15, 0.2) is 18.2 Å². The SMILES string of the molecule is CCOCCN(CC)CC(=O)c1cc(F)ccc1O. The maximum Gasteiger partial charge on any atom is 0.180 e. The third-order valence-electron chi connectivity index (χ3n) is 2.83. The molecule has 0 aromatic heterocycles. The van der Waals surface area contributed by atoms with E-state index in [1.165, 1.54) is 6.07 Å². The fraction of sp³-hybridized carbons (Fsp3) is 0.500. The zero-order valence-corrected chi connectivity index (χ0v) is 11.4. The zero-order chi connectivity index (χ0) is 14.3. The summed E-state index contributed by atoms with van der Waals surface area (Å²) in [6.45, 7) is 6.49. The minimum atomic E-state index is -0.529. The average Bonchev–Trinajstić information content (AvgIpc) is 2.40. The summed E-state index contributed by atoms with van der Waals surface area (Å²) in [6, 6.07) is 3.38. The second kappa shape index (κ2) is 7.86. The Balaban J connectivity index is 2.63. The highest BCUT2D eigenvalue weighted by atomic mass is 19.1. The molecule has 5 heteroatoms. The highest BCUT2D eigenvalue weighted by Gasteiger charge is 2.15. The van der Waals surface area contributed by atoms with Crippen molar-refractivity contribution < 1.29 is 19.0 Å². The first-order chi connectivity index (χ1) is 9.08. The molecule has 1 rings (SSSR count). The summed E-state index contributed by atoms with van der Waals surface area (Å²) in [5, 5.41) is 9.57. The average molecular weight is 269 g/mol. The number of carbonyl (C=O) groups is 1. The van der Waals surface area contributed by atoms with E-state index in [0.29, 0.717) is 26.3 Å². The van der Waals surface area contributed by atoms with Gasteiger partial charge in [-0.25, -0.2) is 4.39 Å². The molecule has 1 aromatic carbocycles. The number of carbonyl (C=O) groups excluding carboxylic acids is 1. The van der Waals surface area contributed by atoms with Crippen LogP contribution >= 0.6 is 0 Å². The van der Waals surface area contributed by atoms with Crippen LogP contribution in [0.25, 0.3) is 0 Å². The van der Waals surface area contributed by atoms with E-state index >= 15 is 0 Å². The monoisotopic (exact) mass is 269 g/mol. The third-order valence-corrected chi connectivity index (χ3v) is 2.83. The maximum absolute atomic E-state index is 13.1. The van der Waals surface area contributed by atoms with Gasteiger partial charge >= 0.3 is 0 Å². The molecule has 0 aliphatic heterocycles. The molecule has 0 spiro atoms. The Bertz CT molecular complexity index is 423. The summed E-state index contributed by atoms with van der Waals surface area (Å²) in [4.78, 5) is 13.9. The van der Waals surface area contributed by atoms with E-state index in [9.17, 15) is 14.3 Å². The van der Waals surface area contributed by atoms with Gasteiger partial charge in [-0.15, -0.1) is 0 Å². The first-order valence-electron chi connectivity index (χ1n) is 6.40. The van der Waals surface area contributed by atoms with Crippen LogP contribution in [0.3, 0.4) is 0 Å². The maximum atomic E-state index is 13.1. The van der Waals surface area contributed by atoms with Crippen LogP contribution < -0.4 is 0 Å². The lowest BCUT2D eigenvalue weighted by Gasteiger charge is -2.19. The number of Topliss-reactive ketones (excluding diaryl/α,β-unsaturated/α-hetero) is 1. The van der Waals surface area contributed by atoms with Gasteiger partial charge < -0.3 is 9.84 Å². The highest BCUT2D eigenvalue weighted by Crippen LogP contribution is 2.18. The van der Waals surface area contributed by atoms with Crippen molar-refractivity contribution in [3.05, 3.63) is 29.6 Å². The van der Waals surface area contributed by atoms with Crippen molar-refractivity contribution in [1.29, 1.82) is 0 Å². The van der Waals surface area contributed by atoms with Crippen LogP contribution in [0, 0.1) is 5.82 Å². The van der Waals surface area contributed by atoms with Gasteiger partial charge in [-0.1, -0.05) is 6.92 Å². The predicted octanol–water partition coefficient (Wildman–Crippen LogP) is 2.07. The molecular weight excluding hydrogens is 249 g/mol. The van der Waals surface area contributed by atoms with Gasteiger partial charge in [0.2, 0.25) is 0 Å². The summed E-state index contributed by atoms with van der Waals surface area (Å²) < 4.78 is 18.3. The molecule has 0 bridgehead atoms. The molecule has 0 aliphatic carbocycles. The van der Waals surface area contributed by atoms with E-state index in [1.54, 1.807) is 0 Å². The summed E-state index contributed by atoms with van der Waals surface area (Å²) in [5.74, 6) is -1.01. The van der Waals surface area contributed by atoms with Crippen LogP contribution in [0.1, 0.15) is 24.2 Å². The molecular formula is C14H20FNO3. The van der Waals surface area contributed by atoms with E-state index in [-0.39, 0.29) is 23.6 Å². The number of nitrogens with zero attached hydrogens (tertiary/aromatic N) is 1. The van der Waals surface area contributed by atoms with Gasteiger partial charge in [0, 0.05) is 13.2 Å². The molecule has 0 fully saturated rings. The Labute approximate surface area is 112 Å². The van der Waals surface area contributed by atoms with E-state index in [2.05, 4.69) is 0 Å². The topological polar surface area (TPSA) is 49.8 Å². The van der Waals surface area contributed by atoms with E-state index in [0.717, 1.165) is 12.1 Å². The zero-order valence-electron chi connectivity index (χ0n) is 11.4. The Morgan fingerprint density at radius 3 is 2.79 bits per heavy atom. The van der Waals surface area contributed by atoms with Gasteiger partial charge in [-0.05, 0) is 31.7 Å². The van der Waals surface area contributed by atoms with Crippen molar-refractivity contribution in [1.82, 2.24) is 4.90 Å². The van der Waals surface area contributed by atoms with Gasteiger partial charge in [-0.2, -0.15) is 0 Å². The largest absolute Gasteiger partial charge is 0.507 e. The molecule has 19 heavy (non-hydrogen) atoms. The van der Waals surface area contributed by atoms with E-state index in [1.807, 2.05) is 18.7 Å². The molecule has 0 atom stereocenters. The standard InChI is InChI=1S/C14H20FNO3/c1-3-16(7-8-19-4-2)10-14(18)12-9-11(15)5-6-13(12)17/h5-6,9,17H,3-4,7-8,10H2,1-2H3. The van der Waals surface area contributed by atoms with Crippen molar-refractivity contribution >= 4 is 5.78 Å². The van der Waals surface area contributed by atoms with Gasteiger partial charge in [0.15, 0.2) is 5.78 Å². The Hall–Kier alpha value is -1.46. The summed E-state index contributed by atoms with van der Waals surface area (Å²) in [7, 11) is 0. The number of halogens is 1. The third kappa shape index (κ3) is 4.96. The molecule has 0 saturated carbocycles. The number of likely N-dealkylation sites (N-methyl/N-ethyl adjacent to an activating group) is 1. The van der Waals surface area contributed by atoms with Crippen LogP contribution in [0.5, 0.6) is 5.75 Å². The second-order valence-electron chi connectivity index (χ2n) is 4.15. The van der Waals surface area contributed by atoms with Gasteiger partial charge in [-0.3, -0.25) is 9.69 Å². The van der Waals surface area contributed by atoms with Crippen molar-refractivity contribution in [2.24, 2.45) is 0 Å². The van der Waals surface area contributed by atoms with Gasteiger partial charge in [0.25, 0.3) is 0 Å². The lowest BCUT2D eigenvalue weighted by Crippen LogP contribution is -2.32. The molecule has 1 N–H and O–H groups in total.